The fourth-order valence-electron chi connectivity index (χ4n) is 4.41. The number of hydrogen-bond acceptors (Lipinski definition) is 5. The summed E-state index contributed by atoms with van der Waals surface area (Å²) in [5, 5.41) is 2.98. The number of imidazole rings is 1. The fraction of sp³-hybridized carbons (Fsp3) is 0.440. The summed E-state index contributed by atoms with van der Waals surface area (Å²) in [5.41, 5.74) is 3.23. The highest BCUT2D eigenvalue weighted by Gasteiger charge is 2.16. The highest BCUT2D eigenvalue weighted by molar-refractivity contribution is 6.05. The van der Waals surface area contributed by atoms with Gasteiger partial charge in [-0.2, -0.15) is 0 Å². The number of ether oxygens (including phenoxy) is 2. The smallest absolute Gasteiger partial charge is 0.255 e. The molecule has 1 aromatic heterocycles. The number of fused-ring (bicyclic) bond motifs is 1. The Morgan fingerprint density at radius 1 is 1.00 bits per heavy atom. The van der Waals surface area contributed by atoms with Gasteiger partial charge in [0.25, 0.3) is 5.91 Å². The Morgan fingerprint density at radius 3 is 2.44 bits per heavy atom. The van der Waals surface area contributed by atoms with E-state index in [-0.39, 0.29) is 5.91 Å². The Kier molecular flexibility index (Phi) is 6.95. The molecule has 0 atom stereocenters. The first-order valence-corrected chi connectivity index (χ1v) is 11.4. The number of hydrogen-bond donors (Lipinski definition) is 1. The second-order valence-electron chi connectivity index (χ2n) is 8.19. The maximum absolute atomic E-state index is 12.8. The molecule has 0 bridgehead atoms. The van der Waals surface area contributed by atoms with E-state index in [2.05, 4.69) is 21.7 Å². The third-order valence-electron chi connectivity index (χ3n) is 6.11. The Morgan fingerprint density at radius 2 is 1.75 bits per heavy atom. The van der Waals surface area contributed by atoms with Crippen LogP contribution in [0.15, 0.2) is 36.4 Å². The number of likely N-dealkylation sites (tertiary alicyclic amines) is 1. The monoisotopic (exact) mass is 436 g/mol. The second kappa shape index (κ2) is 10.0. The molecule has 4 rings (SSSR count). The van der Waals surface area contributed by atoms with Gasteiger partial charge in [-0.05, 0) is 69.3 Å². The molecule has 32 heavy (non-hydrogen) atoms. The van der Waals surface area contributed by atoms with E-state index in [9.17, 15) is 4.79 Å². The van der Waals surface area contributed by atoms with E-state index in [1.807, 2.05) is 18.2 Å². The summed E-state index contributed by atoms with van der Waals surface area (Å²) in [6.07, 6.45) is 5.17. The molecule has 1 aliphatic heterocycles. The average molecular weight is 437 g/mol. The van der Waals surface area contributed by atoms with E-state index in [4.69, 9.17) is 14.5 Å². The minimum atomic E-state index is -0.204. The molecule has 7 heteroatoms. The third kappa shape index (κ3) is 4.72. The van der Waals surface area contributed by atoms with Crippen molar-refractivity contribution in [1.29, 1.82) is 0 Å². The van der Waals surface area contributed by atoms with Crippen molar-refractivity contribution in [2.75, 3.05) is 32.6 Å². The lowest BCUT2D eigenvalue weighted by atomic mass is 10.1. The number of methoxy groups -OCH3 is 2. The molecule has 3 aromatic rings. The SMILES string of the molecule is CCn1c(CN2CCCCCC2)nc2cc(NC(=O)c3ccc(OC)c(OC)c3)ccc21. The van der Waals surface area contributed by atoms with Crippen LogP contribution in [0.4, 0.5) is 5.69 Å². The number of carbonyl (C=O) groups is 1. The van der Waals surface area contributed by atoms with Gasteiger partial charge in [0.2, 0.25) is 0 Å². The summed E-state index contributed by atoms with van der Waals surface area (Å²) in [6, 6.07) is 11.1. The Balaban J connectivity index is 1.54. The number of amides is 1. The first-order valence-electron chi connectivity index (χ1n) is 11.4. The molecule has 7 nitrogen and oxygen atoms in total. The lowest BCUT2D eigenvalue weighted by Gasteiger charge is -2.19. The number of rotatable bonds is 7. The molecule has 0 aliphatic carbocycles. The van der Waals surface area contributed by atoms with E-state index in [1.165, 1.54) is 25.7 Å². The van der Waals surface area contributed by atoms with Gasteiger partial charge in [-0.25, -0.2) is 4.98 Å². The van der Waals surface area contributed by atoms with Crippen LogP contribution in [-0.4, -0.2) is 47.7 Å². The predicted molar refractivity (Wildman–Crippen MR) is 127 cm³/mol. The van der Waals surface area contributed by atoms with Crippen molar-refractivity contribution in [1.82, 2.24) is 14.5 Å². The van der Waals surface area contributed by atoms with Gasteiger partial charge in [-0.3, -0.25) is 9.69 Å². The molecule has 1 N–H and O–H groups in total. The van der Waals surface area contributed by atoms with Crippen LogP contribution in [0.2, 0.25) is 0 Å². The number of carbonyl (C=O) groups excluding carboxylic acids is 1. The zero-order valence-electron chi connectivity index (χ0n) is 19.2. The molecule has 1 saturated heterocycles. The summed E-state index contributed by atoms with van der Waals surface area (Å²) >= 11 is 0. The van der Waals surface area contributed by atoms with Crippen molar-refractivity contribution in [3.63, 3.8) is 0 Å². The number of benzene rings is 2. The van der Waals surface area contributed by atoms with Gasteiger partial charge >= 0.3 is 0 Å². The van der Waals surface area contributed by atoms with Gasteiger partial charge in [0, 0.05) is 17.8 Å². The van der Waals surface area contributed by atoms with Gasteiger partial charge < -0.3 is 19.4 Å². The number of nitrogens with zero attached hydrogens (tertiary/aromatic N) is 3. The molecule has 2 heterocycles. The molecule has 0 radical (unpaired) electrons. The number of aryl methyl sites for hydroxylation is 1. The summed E-state index contributed by atoms with van der Waals surface area (Å²) in [6.45, 7) is 6.17. The topological polar surface area (TPSA) is 68.6 Å². The second-order valence-corrected chi connectivity index (χ2v) is 8.19. The molecule has 2 aromatic carbocycles. The van der Waals surface area contributed by atoms with Crippen LogP contribution < -0.4 is 14.8 Å². The third-order valence-corrected chi connectivity index (χ3v) is 6.11. The van der Waals surface area contributed by atoms with Gasteiger partial charge in [-0.1, -0.05) is 12.8 Å². The van der Waals surface area contributed by atoms with E-state index in [1.54, 1.807) is 32.4 Å². The maximum Gasteiger partial charge on any atom is 0.255 e. The van der Waals surface area contributed by atoms with Crippen molar-refractivity contribution in [3.05, 3.63) is 47.8 Å². The quantitative estimate of drug-likeness (QED) is 0.581. The minimum Gasteiger partial charge on any atom is -0.493 e. The van der Waals surface area contributed by atoms with Gasteiger partial charge in [0.15, 0.2) is 11.5 Å². The normalized spacial score (nSPS) is 14.8. The zero-order chi connectivity index (χ0) is 22.5. The van der Waals surface area contributed by atoms with Crippen LogP contribution in [-0.2, 0) is 13.1 Å². The van der Waals surface area contributed by atoms with Gasteiger partial charge in [-0.15, -0.1) is 0 Å². The van der Waals surface area contributed by atoms with Crippen molar-refractivity contribution in [2.24, 2.45) is 0 Å². The number of aromatic nitrogens is 2. The Labute approximate surface area is 189 Å². The molecule has 1 aliphatic rings. The molecule has 1 amide bonds. The molecule has 0 spiro atoms. The van der Waals surface area contributed by atoms with Gasteiger partial charge in [0.1, 0.15) is 5.82 Å². The summed E-state index contributed by atoms with van der Waals surface area (Å²) < 4.78 is 12.8. The predicted octanol–water partition coefficient (Wildman–Crippen LogP) is 4.70. The number of anilines is 1. The van der Waals surface area contributed by atoms with Crippen molar-refractivity contribution in [2.45, 2.75) is 45.7 Å². The van der Waals surface area contributed by atoms with E-state index in [0.29, 0.717) is 17.1 Å². The minimum absolute atomic E-state index is 0.204. The highest BCUT2D eigenvalue weighted by Crippen LogP contribution is 2.28. The Hall–Kier alpha value is -3.06. The zero-order valence-corrected chi connectivity index (χ0v) is 19.2. The number of nitrogens with one attached hydrogen (secondary N) is 1. The summed E-state index contributed by atoms with van der Waals surface area (Å²) in [7, 11) is 3.13. The van der Waals surface area contributed by atoms with Crippen LogP contribution in [0.1, 0.15) is 48.8 Å². The summed E-state index contributed by atoms with van der Waals surface area (Å²) in [4.78, 5) is 20.2. The summed E-state index contributed by atoms with van der Waals surface area (Å²) in [5.74, 6) is 2.00. The molecular weight excluding hydrogens is 404 g/mol. The lowest BCUT2D eigenvalue weighted by molar-refractivity contribution is 0.102. The van der Waals surface area contributed by atoms with Crippen LogP contribution in [0, 0.1) is 0 Å². The Bertz CT molecular complexity index is 1080. The van der Waals surface area contributed by atoms with Crippen LogP contribution in [0.3, 0.4) is 0 Å². The van der Waals surface area contributed by atoms with Gasteiger partial charge in [0.05, 0.1) is 31.8 Å². The molecular formula is C25H32N4O3. The standard InChI is InChI=1S/C25H32N4O3/c1-4-29-21-11-10-19(26-25(30)18-9-12-22(31-2)23(15-18)32-3)16-20(21)27-24(29)17-28-13-7-5-6-8-14-28/h9-12,15-16H,4-8,13-14,17H2,1-3H3,(H,26,30). The van der Waals surface area contributed by atoms with Crippen molar-refractivity contribution in [3.8, 4) is 11.5 Å². The molecule has 1 fully saturated rings. The largest absolute Gasteiger partial charge is 0.493 e. The fourth-order valence-corrected chi connectivity index (χ4v) is 4.41. The van der Waals surface area contributed by atoms with E-state index in [0.717, 1.165) is 48.7 Å². The molecule has 0 unspecified atom stereocenters. The van der Waals surface area contributed by atoms with Crippen LogP contribution in [0.25, 0.3) is 11.0 Å². The first kappa shape index (κ1) is 22.1. The van der Waals surface area contributed by atoms with Crippen molar-refractivity contribution >= 4 is 22.6 Å². The van der Waals surface area contributed by atoms with Crippen LogP contribution >= 0.6 is 0 Å². The van der Waals surface area contributed by atoms with E-state index < -0.39 is 0 Å². The van der Waals surface area contributed by atoms with Crippen molar-refractivity contribution < 1.29 is 14.3 Å². The molecule has 170 valence electrons. The average Bonchev–Trinajstić information content (AvgIpc) is 2.95. The first-order chi connectivity index (χ1) is 15.6. The van der Waals surface area contributed by atoms with E-state index >= 15 is 0 Å². The lowest BCUT2D eigenvalue weighted by Crippen LogP contribution is -2.25. The highest BCUT2D eigenvalue weighted by atomic mass is 16.5. The van der Waals surface area contributed by atoms with Crippen LogP contribution in [0.5, 0.6) is 11.5 Å². The maximum atomic E-state index is 12.8. The molecule has 0 saturated carbocycles.